The van der Waals surface area contributed by atoms with Crippen molar-refractivity contribution in [2.75, 3.05) is 26.2 Å². The maximum Gasteiger partial charge on any atom is 0.282 e. The highest BCUT2D eigenvalue weighted by Gasteiger charge is 2.43. The topological polar surface area (TPSA) is 49.9 Å². The zero-order chi connectivity index (χ0) is 14.2. The van der Waals surface area contributed by atoms with E-state index in [-0.39, 0.29) is 12.1 Å². The van der Waals surface area contributed by atoms with Gasteiger partial charge in [-0.25, -0.2) is 0 Å². The monoisotopic (exact) mass is 302 g/mol. The van der Waals surface area contributed by atoms with Gasteiger partial charge in [-0.1, -0.05) is 19.8 Å². The van der Waals surface area contributed by atoms with Crippen molar-refractivity contribution in [1.29, 1.82) is 0 Å². The maximum atomic E-state index is 12.9. The van der Waals surface area contributed by atoms with Crippen LogP contribution in [0.3, 0.4) is 0 Å². The Morgan fingerprint density at radius 2 is 1.85 bits per heavy atom. The van der Waals surface area contributed by atoms with E-state index in [1.165, 1.54) is 0 Å². The molecular weight excluding hydrogens is 276 g/mol. The standard InChI is InChI=1S/C14H26N2O3S/c1-12-5-4-8-15(11-12)20(17,18)16-9-10-19-14-7-3-2-6-13(14)16/h12-14H,2-11H2,1H3. The summed E-state index contributed by atoms with van der Waals surface area (Å²) in [6, 6.07) is 0.0692. The van der Waals surface area contributed by atoms with Crippen LogP contribution in [0.15, 0.2) is 0 Å². The van der Waals surface area contributed by atoms with Crippen LogP contribution in [0.25, 0.3) is 0 Å². The van der Waals surface area contributed by atoms with Crippen molar-refractivity contribution in [3.05, 3.63) is 0 Å². The van der Waals surface area contributed by atoms with Crippen molar-refractivity contribution in [3.63, 3.8) is 0 Å². The summed E-state index contributed by atoms with van der Waals surface area (Å²) in [4.78, 5) is 0. The first kappa shape index (κ1) is 14.8. The molecule has 116 valence electrons. The van der Waals surface area contributed by atoms with Crippen LogP contribution in [-0.2, 0) is 14.9 Å². The Hall–Kier alpha value is -0.170. The SMILES string of the molecule is CC1CCCN(S(=O)(=O)N2CCOC3CCCCC32)C1. The van der Waals surface area contributed by atoms with E-state index in [9.17, 15) is 8.42 Å². The molecule has 2 saturated heterocycles. The molecule has 20 heavy (non-hydrogen) atoms. The molecule has 0 radical (unpaired) electrons. The van der Waals surface area contributed by atoms with Gasteiger partial charge in [0, 0.05) is 19.6 Å². The average molecular weight is 302 g/mol. The Labute approximate surface area is 122 Å². The summed E-state index contributed by atoms with van der Waals surface area (Å²) in [5.41, 5.74) is 0. The lowest BCUT2D eigenvalue weighted by Gasteiger charge is -2.45. The molecule has 3 unspecified atom stereocenters. The van der Waals surface area contributed by atoms with E-state index in [0.717, 1.165) is 38.5 Å². The molecule has 3 fully saturated rings. The molecule has 1 aliphatic carbocycles. The minimum atomic E-state index is -3.30. The smallest absolute Gasteiger partial charge is 0.282 e. The number of hydrogen-bond acceptors (Lipinski definition) is 3. The van der Waals surface area contributed by atoms with Gasteiger partial charge in [-0.3, -0.25) is 0 Å². The van der Waals surface area contributed by atoms with Crippen molar-refractivity contribution in [2.24, 2.45) is 5.92 Å². The van der Waals surface area contributed by atoms with Crippen LogP contribution in [0, 0.1) is 5.92 Å². The van der Waals surface area contributed by atoms with E-state index in [4.69, 9.17) is 4.74 Å². The van der Waals surface area contributed by atoms with Crippen molar-refractivity contribution in [1.82, 2.24) is 8.61 Å². The van der Waals surface area contributed by atoms with Crippen molar-refractivity contribution in [3.8, 4) is 0 Å². The fourth-order valence-electron chi connectivity index (χ4n) is 3.85. The Bertz CT molecular complexity index is 438. The summed E-state index contributed by atoms with van der Waals surface area (Å²) in [5.74, 6) is 0.474. The highest BCUT2D eigenvalue weighted by atomic mass is 32.2. The average Bonchev–Trinajstić information content (AvgIpc) is 2.46. The molecule has 0 aromatic heterocycles. The molecule has 1 saturated carbocycles. The number of hydrogen-bond donors (Lipinski definition) is 0. The molecule has 0 bridgehead atoms. The molecule has 0 N–H and O–H groups in total. The maximum absolute atomic E-state index is 12.9. The van der Waals surface area contributed by atoms with Crippen LogP contribution < -0.4 is 0 Å². The van der Waals surface area contributed by atoms with Gasteiger partial charge in [0.1, 0.15) is 0 Å². The van der Waals surface area contributed by atoms with Crippen molar-refractivity contribution < 1.29 is 13.2 Å². The van der Waals surface area contributed by atoms with Gasteiger partial charge in [0.15, 0.2) is 0 Å². The summed E-state index contributed by atoms with van der Waals surface area (Å²) in [6.45, 7) is 4.57. The quantitative estimate of drug-likeness (QED) is 0.778. The first-order chi connectivity index (χ1) is 9.59. The molecule has 0 spiro atoms. The van der Waals surface area contributed by atoms with E-state index in [0.29, 0.717) is 32.2 Å². The van der Waals surface area contributed by atoms with Gasteiger partial charge >= 0.3 is 0 Å². The van der Waals surface area contributed by atoms with Gasteiger partial charge < -0.3 is 4.74 Å². The minimum absolute atomic E-state index is 0.0692. The van der Waals surface area contributed by atoms with E-state index in [2.05, 4.69) is 6.92 Å². The fraction of sp³-hybridized carbons (Fsp3) is 1.00. The first-order valence-corrected chi connectivity index (χ1v) is 9.37. The molecule has 5 nitrogen and oxygen atoms in total. The molecule has 0 aromatic carbocycles. The third-order valence-electron chi connectivity index (χ3n) is 4.92. The van der Waals surface area contributed by atoms with Crippen LogP contribution >= 0.6 is 0 Å². The third-order valence-corrected chi connectivity index (χ3v) is 6.95. The Morgan fingerprint density at radius 3 is 2.65 bits per heavy atom. The number of piperidine rings is 1. The van der Waals surface area contributed by atoms with Crippen LogP contribution in [0.4, 0.5) is 0 Å². The largest absolute Gasteiger partial charge is 0.375 e. The molecule has 3 rings (SSSR count). The molecule has 2 heterocycles. The van der Waals surface area contributed by atoms with Crippen molar-refractivity contribution in [2.45, 2.75) is 57.6 Å². The predicted octanol–water partition coefficient (Wildman–Crippen LogP) is 1.61. The lowest BCUT2D eigenvalue weighted by Crippen LogP contribution is -2.59. The van der Waals surface area contributed by atoms with Gasteiger partial charge in [0.2, 0.25) is 0 Å². The molecule has 3 aliphatic rings. The van der Waals surface area contributed by atoms with Crippen molar-refractivity contribution >= 4 is 10.2 Å². The number of ether oxygens (including phenoxy) is 1. The lowest BCUT2D eigenvalue weighted by atomic mass is 9.91. The molecule has 2 aliphatic heterocycles. The first-order valence-electron chi connectivity index (χ1n) is 7.97. The second-order valence-corrected chi connectivity index (χ2v) is 8.37. The summed E-state index contributed by atoms with van der Waals surface area (Å²) in [5, 5.41) is 0. The zero-order valence-corrected chi connectivity index (χ0v) is 13.1. The van der Waals surface area contributed by atoms with E-state index >= 15 is 0 Å². The summed E-state index contributed by atoms with van der Waals surface area (Å²) in [7, 11) is -3.30. The Balaban J connectivity index is 1.78. The predicted molar refractivity (Wildman–Crippen MR) is 77.6 cm³/mol. The van der Waals surface area contributed by atoms with Gasteiger partial charge in [-0.2, -0.15) is 17.0 Å². The molecule has 0 aromatic rings. The summed E-state index contributed by atoms with van der Waals surface area (Å²) >= 11 is 0. The second kappa shape index (κ2) is 5.91. The van der Waals surface area contributed by atoms with Gasteiger partial charge in [0.25, 0.3) is 10.2 Å². The fourth-order valence-corrected chi connectivity index (χ4v) is 5.84. The number of fused-ring (bicyclic) bond motifs is 1. The second-order valence-electron chi connectivity index (χ2n) is 6.48. The highest BCUT2D eigenvalue weighted by Crippen LogP contribution is 2.32. The zero-order valence-electron chi connectivity index (χ0n) is 12.3. The Kier molecular flexibility index (Phi) is 4.36. The summed E-state index contributed by atoms with van der Waals surface area (Å²) < 4.78 is 35.1. The molecular formula is C14H26N2O3S. The number of nitrogens with zero attached hydrogens (tertiary/aromatic N) is 2. The van der Waals surface area contributed by atoms with Gasteiger partial charge in [-0.05, 0) is 31.6 Å². The molecule has 0 amide bonds. The third kappa shape index (κ3) is 2.75. The lowest BCUT2D eigenvalue weighted by molar-refractivity contribution is -0.0605. The highest BCUT2D eigenvalue weighted by molar-refractivity contribution is 7.86. The van der Waals surface area contributed by atoms with E-state index < -0.39 is 10.2 Å². The van der Waals surface area contributed by atoms with Gasteiger partial charge in [0.05, 0.1) is 18.8 Å². The van der Waals surface area contributed by atoms with Crippen LogP contribution in [-0.4, -0.2) is 55.4 Å². The molecule has 6 heteroatoms. The molecule has 3 atom stereocenters. The van der Waals surface area contributed by atoms with E-state index in [1.54, 1.807) is 8.61 Å². The van der Waals surface area contributed by atoms with Crippen LogP contribution in [0.5, 0.6) is 0 Å². The Morgan fingerprint density at radius 1 is 1.05 bits per heavy atom. The minimum Gasteiger partial charge on any atom is -0.375 e. The van der Waals surface area contributed by atoms with E-state index in [1.807, 2.05) is 0 Å². The normalized spacial score (nSPS) is 37.5. The van der Waals surface area contributed by atoms with Gasteiger partial charge in [-0.15, -0.1) is 0 Å². The number of morpholine rings is 1. The van der Waals surface area contributed by atoms with Crippen LogP contribution in [0.2, 0.25) is 0 Å². The summed E-state index contributed by atoms with van der Waals surface area (Å²) in [6.07, 6.45) is 6.48. The number of rotatable bonds is 2. The van der Waals surface area contributed by atoms with Crippen LogP contribution in [0.1, 0.15) is 45.4 Å².